The minimum Gasteiger partial charge on any atom is -0.497 e. The Balaban J connectivity index is 1.67. The molecule has 9 nitrogen and oxygen atoms in total. The number of aromatic nitrogens is 4. The number of methoxy groups -OCH3 is 3. The average molecular weight is 470 g/mol. The van der Waals surface area contributed by atoms with E-state index in [4.69, 9.17) is 14.2 Å². The average Bonchev–Trinajstić information content (AvgIpc) is 3.37. The number of hydrogen-bond donors (Lipinski definition) is 0. The normalized spacial score (nSPS) is 11.1. The maximum Gasteiger partial charge on any atom is 0.351 e. The van der Waals surface area contributed by atoms with Gasteiger partial charge in [0.2, 0.25) is 0 Å². The third kappa shape index (κ3) is 3.97. The number of carbonyl (C=O) groups is 1. The zero-order valence-corrected chi connectivity index (χ0v) is 19.4. The highest BCUT2D eigenvalue weighted by Gasteiger charge is 2.19. The summed E-state index contributed by atoms with van der Waals surface area (Å²) in [6, 6.07) is 19.4. The van der Waals surface area contributed by atoms with Gasteiger partial charge in [0.25, 0.3) is 0 Å². The molecule has 2 heterocycles. The molecule has 0 unspecified atom stereocenters. The second-order valence-electron chi connectivity index (χ2n) is 7.81. The van der Waals surface area contributed by atoms with Gasteiger partial charge in [0, 0.05) is 22.6 Å². The molecule has 0 radical (unpaired) electrons. The molecule has 9 heteroatoms. The monoisotopic (exact) mass is 470 g/mol. The Hall–Kier alpha value is -4.66. The number of para-hydroxylation sites is 1. The largest absolute Gasteiger partial charge is 0.497 e. The molecule has 5 rings (SSSR count). The van der Waals surface area contributed by atoms with Gasteiger partial charge in [0.05, 0.1) is 33.4 Å². The van der Waals surface area contributed by atoms with Crippen LogP contribution in [0.1, 0.15) is 10.4 Å². The molecule has 0 fully saturated rings. The van der Waals surface area contributed by atoms with Crippen LogP contribution in [0, 0.1) is 0 Å². The highest BCUT2D eigenvalue weighted by Crippen LogP contribution is 2.29. The second-order valence-corrected chi connectivity index (χ2v) is 7.81. The highest BCUT2D eigenvalue weighted by molar-refractivity contribution is 5.98. The number of Topliss-reactive ketones (excluding diaryl/α,β-unsaturated/α-hetero) is 1. The lowest BCUT2D eigenvalue weighted by molar-refractivity contribution is 0.0971. The van der Waals surface area contributed by atoms with Crippen molar-refractivity contribution in [3.05, 3.63) is 82.8 Å². The van der Waals surface area contributed by atoms with E-state index in [1.807, 2.05) is 18.2 Å². The summed E-state index contributed by atoms with van der Waals surface area (Å²) < 4.78 is 18.6. The van der Waals surface area contributed by atoms with Crippen LogP contribution in [0.25, 0.3) is 27.9 Å². The van der Waals surface area contributed by atoms with Crippen molar-refractivity contribution in [2.45, 2.75) is 6.54 Å². The lowest BCUT2D eigenvalue weighted by Gasteiger charge is -2.11. The molecule has 35 heavy (non-hydrogen) atoms. The Morgan fingerprint density at radius 3 is 2.29 bits per heavy atom. The third-order valence-electron chi connectivity index (χ3n) is 5.76. The summed E-state index contributed by atoms with van der Waals surface area (Å²) in [5, 5.41) is 5.17. The van der Waals surface area contributed by atoms with Crippen molar-refractivity contribution < 1.29 is 19.0 Å². The molecule has 2 aromatic heterocycles. The lowest BCUT2D eigenvalue weighted by atomic mass is 10.1. The van der Waals surface area contributed by atoms with Crippen molar-refractivity contribution in [1.29, 1.82) is 0 Å². The van der Waals surface area contributed by atoms with Gasteiger partial charge in [-0.15, -0.1) is 5.10 Å². The van der Waals surface area contributed by atoms with Crippen molar-refractivity contribution in [3.8, 4) is 28.6 Å². The Morgan fingerprint density at radius 2 is 1.57 bits per heavy atom. The molecule has 0 saturated heterocycles. The molecular formula is C26H22N4O5. The number of nitrogens with zero attached hydrogens (tertiary/aromatic N) is 4. The molecule has 0 amide bonds. The van der Waals surface area contributed by atoms with Crippen LogP contribution in [0.4, 0.5) is 0 Å². The Morgan fingerprint density at radius 1 is 0.857 bits per heavy atom. The Kier molecular flexibility index (Phi) is 5.66. The van der Waals surface area contributed by atoms with E-state index < -0.39 is 5.69 Å². The molecule has 176 valence electrons. The lowest BCUT2D eigenvalue weighted by Crippen LogP contribution is -2.30. The van der Waals surface area contributed by atoms with Crippen molar-refractivity contribution in [2.75, 3.05) is 21.3 Å². The van der Waals surface area contributed by atoms with Gasteiger partial charge in [-0.05, 0) is 36.4 Å². The van der Waals surface area contributed by atoms with Gasteiger partial charge in [-0.25, -0.2) is 9.78 Å². The number of benzene rings is 3. The quantitative estimate of drug-likeness (QED) is 0.335. The maximum absolute atomic E-state index is 13.5. The van der Waals surface area contributed by atoms with E-state index in [-0.39, 0.29) is 12.3 Å². The van der Waals surface area contributed by atoms with Crippen LogP contribution < -0.4 is 19.9 Å². The topological polar surface area (TPSA) is 97.0 Å². The van der Waals surface area contributed by atoms with Gasteiger partial charge in [0.1, 0.15) is 17.2 Å². The van der Waals surface area contributed by atoms with E-state index in [9.17, 15) is 9.59 Å². The Bertz CT molecular complexity index is 1610. The zero-order chi connectivity index (χ0) is 24.5. The van der Waals surface area contributed by atoms with Gasteiger partial charge in [0.15, 0.2) is 17.3 Å². The van der Waals surface area contributed by atoms with Crippen molar-refractivity contribution in [1.82, 2.24) is 19.2 Å². The summed E-state index contributed by atoms with van der Waals surface area (Å²) in [5.41, 5.74) is 1.59. The summed E-state index contributed by atoms with van der Waals surface area (Å²) in [6.07, 6.45) is 0. The molecule has 0 bridgehead atoms. The van der Waals surface area contributed by atoms with E-state index in [0.717, 1.165) is 0 Å². The maximum atomic E-state index is 13.5. The SMILES string of the molecule is COc1cccc(C(=O)Cn2c(=O)n3nc(-c4cc(OC)cc(OC)c4)nc3c3ccccc32)c1. The molecule has 0 aliphatic rings. The van der Waals surface area contributed by atoms with Gasteiger partial charge < -0.3 is 14.2 Å². The molecule has 0 saturated carbocycles. The fraction of sp³-hybridized carbons (Fsp3) is 0.154. The summed E-state index contributed by atoms with van der Waals surface area (Å²) in [6.45, 7) is -0.162. The zero-order valence-electron chi connectivity index (χ0n) is 19.4. The summed E-state index contributed by atoms with van der Waals surface area (Å²) in [4.78, 5) is 31.3. The van der Waals surface area contributed by atoms with Crippen molar-refractivity contribution >= 4 is 22.3 Å². The standard InChI is InChI=1S/C26H22N4O5/c1-33-18-8-6-7-16(11-18)23(31)15-29-22-10-5-4-9-21(22)25-27-24(28-30(25)26(29)32)17-12-19(34-2)14-20(13-17)35-3/h4-14H,15H2,1-3H3. The Labute approximate surface area is 200 Å². The van der Waals surface area contributed by atoms with E-state index in [2.05, 4.69) is 10.1 Å². The van der Waals surface area contributed by atoms with Crippen molar-refractivity contribution in [3.63, 3.8) is 0 Å². The van der Waals surface area contributed by atoms with Crippen LogP contribution in [0.2, 0.25) is 0 Å². The molecule has 0 spiro atoms. The molecule has 0 N–H and O–H groups in total. The molecule has 3 aromatic carbocycles. The van der Waals surface area contributed by atoms with E-state index in [0.29, 0.717) is 50.7 Å². The van der Waals surface area contributed by atoms with Crippen LogP contribution in [0.15, 0.2) is 71.5 Å². The number of ether oxygens (including phenoxy) is 3. The van der Waals surface area contributed by atoms with Crippen LogP contribution in [-0.2, 0) is 6.54 Å². The van der Waals surface area contributed by atoms with Gasteiger partial charge in [-0.3, -0.25) is 9.36 Å². The van der Waals surface area contributed by atoms with Crippen molar-refractivity contribution in [2.24, 2.45) is 0 Å². The van der Waals surface area contributed by atoms with E-state index in [1.165, 1.54) is 16.2 Å². The molecule has 0 aliphatic carbocycles. The molecule has 0 atom stereocenters. The fourth-order valence-electron chi connectivity index (χ4n) is 3.98. The first-order valence-corrected chi connectivity index (χ1v) is 10.8. The minimum absolute atomic E-state index is 0.162. The smallest absolute Gasteiger partial charge is 0.351 e. The van der Waals surface area contributed by atoms with Gasteiger partial charge in [-0.2, -0.15) is 4.52 Å². The highest BCUT2D eigenvalue weighted by atomic mass is 16.5. The first-order valence-electron chi connectivity index (χ1n) is 10.8. The summed E-state index contributed by atoms with van der Waals surface area (Å²) in [7, 11) is 4.65. The predicted molar refractivity (Wildman–Crippen MR) is 131 cm³/mol. The molecule has 0 aliphatic heterocycles. The molecular weight excluding hydrogens is 448 g/mol. The van der Waals surface area contributed by atoms with Crippen LogP contribution in [0.5, 0.6) is 17.2 Å². The first kappa shape index (κ1) is 22.1. The fourth-order valence-corrected chi connectivity index (χ4v) is 3.98. The number of carbonyl (C=O) groups excluding carboxylic acids is 1. The second kappa shape index (κ2) is 8.94. The van der Waals surface area contributed by atoms with Crippen LogP contribution in [-0.4, -0.2) is 46.3 Å². The number of ketones is 1. The van der Waals surface area contributed by atoms with E-state index >= 15 is 0 Å². The minimum atomic E-state index is -0.469. The number of hydrogen-bond acceptors (Lipinski definition) is 7. The van der Waals surface area contributed by atoms with Crippen LogP contribution in [0.3, 0.4) is 0 Å². The number of fused-ring (bicyclic) bond motifs is 3. The van der Waals surface area contributed by atoms with Gasteiger partial charge in [-0.1, -0.05) is 24.3 Å². The molecule has 5 aromatic rings. The van der Waals surface area contributed by atoms with Crippen LogP contribution >= 0.6 is 0 Å². The predicted octanol–water partition coefficient (Wildman–Crippen LogP) is 3.62. The third-order valence-corrected chi connectivity index (χ3v) is 5.76. The first-order chi connectivity index (χ1) is 17.0. The number of rotatable bonds is 7. The van der Waals surface area contributed by atoms with E-state index in [1.54, 1.807) is 62.8 Å². The summed E-state index contributed by atoms with van der Waals surface area (Å²) >= 11 is 0. The summed E-state index contributed by atoms with van der Waals surface area (Å²) in [5.74, 6) is 1.82. The van der Waals surface area contributed by atoms with Gasteiger partial charge >= 0.3 is 5.69 Å².